The molecule has 142 valence electrons. The number of likely N-dealkylation sites (tertiary alicyclic amines) is 1. The van der Waals surface area contributed by atoms with Crippen LogP contribution in [-0.2, 0) is 6.54 Å². The largest absolute Gasteiger partial charge is 0.365 e. The fourth-order valence-corrected chi connectivity index (χ4v) is 4.87. The van der Waals surface area contributed by atoms with Crippen LogP contribution in [0.3, 0.4) is 0 Å². The number of halogens is 1. The van der Waals surface area contributed by atoms with Gasteiger partial charge in [-0.25, -0.2) is 4.39 Å². The Morgan fingerprint density at radius 3 is 2.44 bits per heavy atom. The van der Waals surface area contributed by atoms with Gasteiger partial charge in [0, 0.05) is 42.4 Å². The standard InChI is InChI=1S/C22H25FN2OS/c23-19-8-5-17(6-9-19)16-25-13-14-27-21-10-7-18(15-20(21)25)22(26)24-11-3-1-2-4-12-24/h5-10,15H,1-4,11-14,16H2. The smallest absolute Gasteiger partial charge is 0.253 e. The Labute approximate surface area is 164 Å². The summed E-state index contributed by atoms with van der Waals surface area (Å²) in [5, 5.41) is 0. The van der Waals surface area contributed by atoms with Gasteiger partial charge in [0.05, 0.1) is 5.69 Å². The molecule has 0 saturated carbocycles. The van der Waals surface area contributed by atoms with Gasteiger partial charge in [-0.05, 0) is 48.7 Å². The Morgan fingerprint density at radius 1 is 0.963 bits per heavy atom. The van der Waals surface area contributed by atoms with E-state index < -0.39 is 0 Å². The molecule has 1 fully saturated rings. The Kier molecular flexibility index (Phi) is 5.67. The lowest BCUT2D eigenvalue weighted by Crippen LogP contribution is -2.33. The van der Waals surface area contributed by atoms with Gasteiger partial charge in [0.2, 0.25) is 0 Å². The highest BCUT2D eigenvalue weighted by molar-refractivity contribution is 7.99. The first-order valence-electron chi connectivity index (χ1n) is 9.76. The first-order chi connectivity index (χ1) is 13.2. The SMILES string of the molecule is O=C(c1ccc2c(c1)N(Cc1ccc(F)cc1)CCS2)N1CCCCCC1. The highest BCUT2D eigenvalue weighted by Gasteiger charge is 2.22. The molecular formula is C22H25FN2OS. The van der Waals surface area contributed by atoms with Crippen LogP contribution >= 0.6 is 11.8 Å². The van der Waals surface area contributed by atoms with Crippen LogP contribution in [0.1, 0.15) is 41.6 Å². The molecule has 3 nitrogen and oxygen atoms in total. The average molecular weight is 385 g/mol. The Morgan fingerprint density at radius 2 is 1.70 bits per heavy atom. The van der Waals surface area contributed by atoms with Crippen LogP contribution in [0.25, 0.3) is 0 Å². The number of carbonyl (C=O) groups excluding carboxylic acids is 1. The summed E-state index contributed by atoms with van der Waals surface area (Å²) >= 11 is 1.84. The lowest BCUT2D eigenvalue weighted by molar-refractivity contribution is 0.0761. The summed E-state index contributed by atoms with van der Waals surface area (Å²) in [6.07, 6.45) is 4.64. The van der Waals surface area contributed by atoms with E-state index in [4.69, 9.17) is 0 Å². The van der Waals surface area contributed by atoms with Gasteiger partial charge < -0.3 is 9.80 Å². The van der Waals surface area contributed by atoms with Crippen LogP contribution in [0, 0.1) is 5.82 Å². The number of anilines is 1. The van der Waals surface area contributed by atoms with Gasteiger partial charge in [-0.1, -0.05) is 25.0 Å². The molecule has 0 bridgehead atoms. The van der Waals surface area contributed by atoms with Gasteiger partial charge in [0.1, 0.15) is 5.82 Å². The predicted molar refractivity (Wildman–Crippen MR) is 109 cm³/mol. The number of carbonyl (C=O) groups is 1. The maximum absolute atomic E-state index is 13.2. The monoisotopic (exact) mass is 384 g/mol. The summed E-state index contributed by atoms with van der Waals surface area (Å²) in [7, 11) is 0. The molecule has 2 aromatic carbocycles. The van der Waals surface area contributed by atoms with E-state index in [1.54, 1.807) is 0 Å². The third-order valence-corrected chi connectivity index (χ3v) is 6.39. The van der Waals surface area contributed by atoms with Gasteiger partial charge in [0.25, 0.3) is 5.91 Å². The van der Waals surface area contributed by atoms with Crippen molar-refractivity contribution in [3.05, 3.63) is 59.4 Å². The van der Waals surface area contributed by atoms with E-state index in [9.17, 15) is 9.18 Å². The summed E-state index contributed by atoms with van der Waals surface area (Å²) in [4.78, 5) is 18.5. The molecular weight excluding hydrogens is 359 g/mol. The van der Waals surface area contributed by atoms with E-state index in [0.29, 0.717) is 0 Å². The summed E-state index contributed by atoms with van der Waals surface area (Å²) in [5.41, 5.74) is 2.98. The molecule has 0 aliphatic carbocycles. The molecule has 0 atom stereocenters. The lowest BCUT2D eigenvalue weighted by Gasteiger charge is -2.31. The van der Waals surface area contributed by atoms with Crippen LogP contribution in [0.15, 0.2) is 47.4 Å². The fourth-order valence-electron chi connectivity index (χ4n) is 3.84. The molecule has 5 heteroatoms. The minimum atomic E-state index is -0.210. The van der Waals surface area contributed by atoms with Crippen molar-refractivity contribution >= 4 is 23.4 Å². The second-order valence-electron chi connectivity index (χ2n) is 7.29. The van der Waals surface area contributed by atoms with Crippen LogP contribution in [0.4, 0.5) is 10.1 Å². The number of amides is 1. The number of hydrogen-bond acceptors (Lipinski definition) is 3. The van der Waals surface area contributed by atoms with Crippen molar-refractivity contribution in [3.8, 4) is 0 Å². The second kappa shape index (κ2) is 8.34. The van der Waals surface area contributed by atoms with Crippen molar-refractivity contribution in [1.82, 2.24) is 4.90 Å². The molecule has 4 rings (SSSR count). The predicted octanol–water partition coefficient (Wildman–Crippen LogP) is 4.95. The van der Waals surface area contributed by atoms with E-state index >= 15 is 0 Å². The average Bonchev–Trinajstić information content (AvgIpc) is 2.99. The molecule has 0 N–H and O–H groups in total. The van der Waals surface area contributed by atoms with Crippen LogP contribution in [0.5, 0.6) is 0 Å². The topological polar surface area (TPSA) is 23.6 Å². The van der Waals surface area contributed by atoms with E-state index in [0.717, 1.165) is 61.6 Å². The normalized spacial score (nSPS) is 17.4. The molecule has 1 saturated heterocycles. The number of benzene rings is 2. The molecule has 2 aliphatic heterocycles. The molecule has 1 amide bonds. The Bertz CT molecular complexity index is 800. The Balaban J connectivity index is 1.56. The maximum atomic E-state index is 13.2. The number of thioether (sulfide) groups is 1. The number of fused-ring (bicyclic) bond motifs is 1. The van der Waals surface area contributed by atoms with Crippen molar-refractivity contribution < 1.29 is 9.18 Å². The zero-order chi connectivity index (χ0) is 18.6. The van der Waals surface area contributed by atoms with E-state index in [1.165, 1.54) is 29.9 Å². The van der Waals surface area contributed by atoms with Gasteiger partial charge in [-0.15, -0.1) is 11.8 Å². The minimum Gasteiger partial charge on any atom is -0.365 e. The van der Waals surface area contributed by atoms with E-state index in [1.807, 2.05) is 34.9 Å². The number of hydrogen-bond donors (Lipinski definition) is 0. The number of rotatable bonds is 3. The summed E-state index contributed by atoms with van der Waals surface area (Å²) < 4.78 is 13.2. The van der Waals surface area contributed by atoms with Crippen molar-refractivity contribution in [2.24, 2.45) is 0 Å². The molecule has 2 aromatic rings. The van der Waals surface area contributed by atoms with E-state index in [-0.39, 0.29) is 11.7 Å². The molecule has 0 radical (unpaired) electrons. The third kappa shape index (κ3) is 4.29. The highest BCUT2D eigenvalue weighted by Crippen LogP contribution is 2.36. The lowest BCUT2D eigenvalue weighted by atomic mass is 10.1. The maximum Gasteiger partial charge on any atom is 0.253 e. The van der Waals surface area contributed by atoms with Crippen molar-refractivity contribution in [1.29, 1.82) is 0 Å². The zero-order valence-electron chi connectivity index (χ0n) is 15.5. The van der Waals surface area contributed by atoms with Crippen molar-refractivity contribution in [3.63, 3.8) is 0 Å². The van der Waals surface area contributed by atoms with E-state index in [2.05, 4.69) is 17.0 Å². The summed E-state index contributed by atoms with van der Waals surface area (Å²) in [6, 6.07) is 12.8. The molecule has 2 aliphatic rings. The van der Waals surface area contributed by atoms with Gasteiger partial charge in [-0.2, -0.15) is 0 Å². The van der Waals surface area contributed by atoms with Crippen LogP contribution in [0.2, 0.25) is 0 Å². The minimum absolute atomic E-state index is 0.150. The zero-order valence-corrected chi connectivity index (χ0v) is 16.3. The van der Waals surface area contributed by atoms with Crippen molar-refractivity contribution in [2.45, 2.75) is 37.1 Å². The first kappa shape index (κ1) is 18.4. The molecule has 0 aromatic heterocycles. The fraction of sp³-hybridized carbons (Fsp3) is 0.409. The molecule has 0 spiro atoms. The third-order valence-electron chi connectivity index (χ3n) is 5.35. The molecule has 27 heavy (non-hydrogen) atoms. The highest BCUT2D eigenvalue weighted by atomic mass is 32.2. The van der Waals surface area contributed by atoms with Gasteiger partial charge in [-0.3, -0.25) is 4.79 Å². The molecule has 0 unspecified atom stereocenters. The Hall–Kier alpha value is -2.01. The van der Waals surface area contributed by atoms with Gasteiger partial charge in [0.15, 0.2) is 0 Å². The summed E-state index contributed by atoms with van der Waals surface area (Å²) in [5.74, 6) is 0.962. The van der Waals surface area contributed by atoms with Gasteiger partial charge >= 0.3 is 0 Å². The van der Waals surface area contributed by atoms with Crippen LogP contribution in [-0.4, -0.2) is 36.2 Å². The van der Waals surface area contributed by atoms with Crippen molar-refractivity contribution in [2.75, 3.05) is 30.3 Å². The second-order valence-corrected chi connectivity index (χ2v) is 8.42. The quantitative estimate of drug-likeness (QED) is 0.748. The number of nitrogens with zero attached hydrogens (tertiary/aromatic N) is 2. The summed E-state index contributed by atoms with van der Waals surface area (Å²) in [6.45, 7) is 3.39. The van der Waals surface area contributed by atoms with Crippen LogP contribution < -0.4 is 4.90 Å². The molecule has 2 heterocycles. The first-order valence-corrected chi connectivity index (χ1v) is 10.7.